The minimum Gasteiger partial charge on any atom is -0.463 e. The average molecular weight is 353 g/mol. The van der Waals surface area contributed by atoms with Crippen molar-refractivity contribution < 1.29 is 14.3 Å². The summed E-state index contributed by atoms with van der Waals surface area (Å²) in [5.74, 6) is -1.14. The third-order valence-corrected chi connectivity index (χ3v) is 3.94. The van der Waals surface area contributed by atoms with E-state index in [4.69, 9.17) is 38.4 Å². The maximum Gasteiger partial charge on any atom is 0.338 e. The average Bonchev–Trinajstić information content (AvgIpc) is 2.46. The zero-order chi connectivity index (χ0) is 17.1. The first kappa shape index (κ1) is 17.2. The Morgan fingerprint density at radius 1 is 1.48 bits per heavy atom. The number of carbonyl (C=O) groups is 1. The second-order valence-electron chi connectivity index (χ2n) is 4.78. The number of ether oxygens (including phenoxy) is 2. The van der Waals surface area contributed by atoms with Gasteiger partial charge in [-0.1, -0.05) is 29.3 Å². The molecule has 2 N–H and O–H groups in total. The predicted molar refractivity (Wildman–Crippen MR) is 86.4 cm³/mol. The number of allylic oxidation sites excluding steroid dienone is 2. The lowest BCUT2D eigenvalue weighted by Gasteiger charge is -2.27. The van der Waals surface area contributed by atoms with Gasteiger partial charge in [0.2, 0.25) is 5.88 Å². The van der Waals surface area contributed by atoms with Crippen molar-refractivity contribution in [3.63, 3.8) is 0 Å². The van der Waals surface area contributed by atoms with Gasteiger partial charge in [-0.25, -0.2) is 4.79 Å². The van der Waals surface area contributed by atoms with Crippen molar-refractivity contribution in [2.24, 2.45) is 5.73 Å². The molecule has 0 fully saturated rings. The number of nitrogens with zero attached hydrogens (tertiary/aromatic N) is 1. The Balaban J connectivity index is 2.66. The van der Waals surface area contributed by atoms with Crippen molar-refractivity contribution in [2.45, 2.75) is 19.8 Å². The summed E-state index contributed by atoms with van der Waals surface area (Å²) in [5, 5.41) is 10.2. The van der Waals surface area contributed by atoms with Crippen molar-refractivity contribution in [1.82, 2.24) is 0 Å². The normalized spacial score (nSPS) is 17.6. The fourth-order valence-electron chi connectivity index (χ4n) is 2.40. The first-order valence-electron chi connectivity index (χ1n) is 6.81. The van der Waals surface area contributed by atoms with Crippen LogP contribution in [0.15, 0.2) is 41.0 Å². The number of halogens is 2. The molecular weight excluding hydrogens is 339 g/mol. The largest absolute Gasteiger partial charge is 0.463 e. The van der Waals surface area contributed by atoms with Crippen LogP contribution in [0.3, 0.4) is 0 Å². The van der Waals surface area contributed by atoms with E-state index in [1.165, 1.54) is 6.07 Å². The van der Waals surface area contributed by atoms with Gasteiger partial charge in [0.1, 0.15) is 17.4 Å². The van der Waals surface area contributed by atoms with Crippen LogP contribution in [0.2, 0.25) is 10.0 Å². The fraction of sp³-hybridized carbons (Fsp3) is 0.250. The Bertz CT molecular complexity index is 763. The van der Waals surface area contributed by atoms with Gasteiger partial charge < -0.3 is 15.2 Å². The summed E-state index contributed by atoms with van der Waals surface area (Å²) in [4.78, 5) is 12.3. The van der Waals surface area contributed by atoms with Gasteiger partial charge in [-0.15, -0.1) is 0 Å². The minimum atomic E-state index is -0.766. The smallest absolute Gasteiger partial charge is 0.338 e. The van der Waals surface area contributed by atoms with E-state index >= 15 is 0 Å². The van der Waals surface area contributed by atoms with E-state index in [2.05, 4.69) is 0 Å². The zero-order valence-corrected chi connectivity index (χ0v) is 14.0. The number of benzene rings is 1. The van der Waals surface area contributed by atoms with Gasteiger partial charge in [-0.3, -0.25) is 0 Å². The quantitative estimate of drug-likeness (QED) is 0.839. The van der Waals surface area contributed by atoms with Gasteiger partial charge in [-0.2, -0.15) is 5.26 Å². The van der Waals surface area contributed by atoms with E-state index in [0.29, 0.717) is 15.6 Å². The van der Waals surface area contributed by atoms with E-state index in [1.807, 2.05) is 6.07 Å². The van der Waals surface area contributed by atoms with Crippen LogP contribution in [-0.2, 0) is 14.3 Å². The molecule has 0 aromatic heterocycles. The highest BCUT2D eigenvalue weighted by molar-refractivity contribution is 6.35. The number of hydrogen-bond acceptors (Lipinski definition) is 5. The summed E-state index contributed by atoms with van der Waals surface area (Å²) < 4.78 is 10.4. The maximum atomic E-state index is 12.3. The molecule has 1 atom stereocenters. The molecule has 7 heteroatoms. The summed E-state index contributed by atoms with van der Waals surface area (Å²) in [6.07, 6.45) is 0. The molecular formula is C16H14Cl2N2O3. The Labute approximate surface area is 143 Å². The lowest BCUT2D eigenvalue weighted by molar-refractivity contribution is -0.139. The molecule has 0 bridgehead atoms. The molecule has 0 unspecified atom stereocenters. The van der Waals surface area contributed by atoms with Gasteiger partial charge in [-0.05, 0) is 31.5 Å². The SMILES string of the molecule is CCOC(=O)C1=C(C)OC(N)=C(C#N)[C@H]1c1ccc(Cl)cc1Cl. The summed E-state index contributed by atoms with van der Waals surface area (Å²) in [5.41, 5.74) is 6.63. The van der Waals surface area contributed by atoms with Crippen molar-refractivity contribution in [1.29, 1.82) is 5.26 Å². The highest BCUT2D eigenvalue weighted by Crippen LogP contribution is 2.42. The Morgan fingerprint density at radius 3 is 2.74 bits per heavy atom. The predicted octanol–water partition coefficient (Wildman–Crippen LogP) is 3.64. The van der Waals surface area contributed by atoms with Crippen LogP contribution in [0, 0.1) is 11.3 Å². The summed E-state index contributed by atoms with van der Waals surface area (Å²) in [6.45, 7) is 3.47. The minimum absolute atomic E-state index is 0.0611. The summed E-state index contributed by atoms with van der Waals surface area (Å²) in [6, 6.07) is 6.80. The third kappa shape index (κ3) is 3.29. The number of esters is 1. The second-order valence-corrected chi connectivity index (χ2v) is 5.62. The second kappa shape index (κ2) is 6.95. The zero-order valence-electron chi connectivity index (χ0n) is 12.5. The van der Waals surface area contributed by atoms with E-state index < -0.39 is 11.9 Å². The van der Waals surface area contributed by atoms with Crippen molar-refractivity contribution >= 4 is 29.2 Å². The molecule has 1 aliphatic heterocycles. The van der Waals surface area contributed by atoms with Crippen LogP contribution in [0.25, 0.3) is 0 Å². The molecule has 23 heavy (non-hydrogen) atoms. The molecule has 0 amide bonds. The summed E-state index contributed by atoms with van der Waals surface area (Å²) in [7, 11) is 0. The highest BCUT2D eigenvalue weighted by Gasteiger charge is 2.37. The van der Waals surface area contributed by atoms with Gasteiger partial charge in [0.15, 0.2) is 0 Å². The Morgan fingerprint density at radius 2 is 2.17 bits per heavy atom. The lowest BCUT2D eigenvalue weighted by Crippen LogP contribution is -2.25. The van der Waals surface area contributed by atoms with Crippen LogP contribution < -0.4 is 5.73 Å². The number of carbonyl (C=O) groups excluding carboxylic acids is 1. The fourth-order valence-corrected chi connectivity index (χ4v) is 2.92. The van der Waals surface area contributed by atoms with Gasteiger partial charge >= 0.3 is 5.97 Å². The molecule has 1 aliphatic rings. The Hall–Kier alpha value is -2.16. The highest BCUT2D eigenvalue weighted by atomic mass is 35.5. The summed E-state index contributed by atoms with van der Waals surface area (Å²) >= 11 is 12.2. The van der Waals surface area contributed by atoms with Crippen molar-refractivity contribution in [3.8, 4) is 6.07 Å². The number of nitrogens with two attached hydrogens (primary N) is 1. The van der Waals surface area contributed by atoms with Crippen molar-refractivity contribution in [3.05, 3.63) is 56.6 Å². The van der Waals surface area contributed by atoms with Crippen LogP contribution in [0.4, 0.5) is 0 Å². The first-order chi connectivity index (χ1) is 10.9. The molecule has 0 saturated carbocycles. The van der Waals surface area contributed by atoms with E-state index in [-0.39, 0.29) is 29.4 Å². The molecule has 1 heterocycles. The molecule has 120 valence electrons. The lowest BCUT2D eigenvalue weighted by atomic mass is 9.83. The van der Waals surface area contributed by atoms with Crippen LogP contribution >= 0.6 is 23.2 Å². The van der Waals surface area contributed by atoms with E-state index in [9.17, 15) is 10.1 Å². The standard InChI is InChI=1S/C16H14Cl2N2O3/c1-3-22-16(21)13-8(2)23-15(20)11(7-19)14(13)10-5-4-9(17)6-12(10)18/h4-6,14H,3,20H2,1-2H3/t14-/m1/s1. The molecule has 1 aromatic carbocycles. The number of rotatable bonds is 3. The van der Waals surface area contributed by atoms with Crippen LogP contribution in [0.1, 0.15) is 25.3 Å². The van der Waals surface area contributed by atoms with Gasteiger partial charge in [0, 0.05) is 10.0 Å². The van der Waals surface area contributed by atoms with E-state index in [0.717, 1.165) is 0 Å². The molecule has 0 spiro atoms. The van der Waals surface area contributed by atoms with Gasteiger partial charge in [0.05, 0.1) is 18.1 Å². The molecule has 2 rings (SSSR count). The number of hydrogen-bond donors (Lipinski definition) is 1. The first-order valence-corrected chi connectivity index (χ1v) is 7.56. The van der Waals surface area contributed by atoms with Crippen LogP contribution in [0.5, 0.6) is 0 Å². The topological polar surface area (TPSA) is 85.3 Å². The van der Waals surface area contributed by atoms with E-state index in [1.54, 1.807) is 26.0 Å². The Kier molecular flexibility index (Phi) is 5.19. The van der Waals surface area contributed by atoms with Crippen LogP contribution in [-0.4, -0.2) is 12.6 Å². The molecule has 5 nitrogen and oxygen atoms in total. The monoisotopic (exact) mass is 352 g/mol. The molecule has 0 aliphatic carbocycles. The maximum absolute atomic E-state index is 12.3. The number of nitriles is 1. The van der Waals surface area contributed by atoms with Gasteiger partial charge in [0.25, 0.3) is 0 Å². The molecule has 0 saturated heterocycles. The molecule has 0 radical (unpaired) electrons. The van der Waals surface area contributed by atoms with Crippen molar-refractivity contribution in [2.75, 3.05) is 6.61 Å². The molecule has 1 aromatic rings. The third-order valence-electron chi connectivity index (χ3n) is 3.37.